The number of halogens is 1. The molecule has 2 rings (SSSR count). The third kappa shape index (κ3) is 3.37. The molecule has 2 aromatic rings. The average molecular weight is 370 g/mol. The summed E-state index contributed by atoms with van der Waals surface area (Å²) in [5.74, 6) is 1.61. The van der Waals surface area contributed by atoms with E-state index in [9.17, 15) is 4.79 Å². The Morgan fingerprint density at radius 1 is 1.37 bits per heavy atom. The highest BCUT2D eigenvalue weighted by Gasteiger charge is 2.12. The van der Waals surface area contributed by atoms with E-state index in [1.54, 1.807) is 12.3 Å². The van der Waals surface area contributed by atoms with Crippen LogP contribution in [-0.4, -0.2) is 19.9 Å². The number of nitrogens with zero attached hydrogens (tertiary/aromatic N) is 3. The molecule has 0 amide bonds. The smallest absolute Gasteiger partial charge is 0.264 e. The molecule has 19 heavy (non-hydrogen) atoms. The molecule has 0 unspecified atom stereocenters. The van der Waals surface area contributed by atoms with E-state index in [1.165, 1.54) is 0 Å². The summed E-state index contributed by atoms with van der Waals surface area (Å²) >= 11 is 2.04. The van der Waals surface area contributed by atoms with Gasteiger partial charge in [0.1, 0.15) is 11.5 Å². The number of H-pyrrole nitrogens is 1. The lowest BCUT2D eigenvalue weighted by atomic mass is 10.1. The highest BCUT2D eigenvalue weighted by Crippen LogP contribution is 2.15. The number of aryl methyl sites for hydroxylation is 1. The molecule has 0 fully saturated rings. The SMILES string of the molecule is Cc1nccc(-c2nc(CC(C)C)c(I)c(=O)[nH]2)n1. The highest BCUT2D eigenvalue weighted by atomic mass is 127. The van der Waals surface area contributed by atoms with Gasteiger partial charge in [0.2, 0.25) is 0 Å². The minimum atomic E-state index is -0.113. The molecule has 1 N–H and O–H groups in total. The number of aromatic nitrogens is 4. The molecular formula is C13H15IN4O. The zero-order valence-corrected chi connectivity index (χ0v) is 13.2. The first-order valence-electron chi connectivity index (χ1n) is 6.06. The maximum Gasteiger partial charge on any atom is 0.264 e. The molecule has 0 spiro atoms. The lowest BCUT2D eigenvalue weighted by Crippen LogP contribution is -2.18. The summed E-state index contributed by atoms with van der Waals surface area (Å²) < 4.78 is 0.654. The van der Waals surface area contributed by atoms with Gasteiger partial charge in [-0.05, 0) is 47.9 Å². The molecule has 100 valence electrons. The first-order chi connectivity index (χ1) is 8.97. The molecule has 0 aliphatic heterocycles. The number of rotatable bonds is 3. The van der Waals surface area contributed by atoms with Crippen molar-refractivity contribution in [2.45, 2.75) is 27.2 Å². The first kappa shape index (κ1) is 14.1. The normalized spacial score (nSPS) is 11.0. The Hall–Kier alpha value is -1.31. The summed E-state index contributed by atoms with van der Waals surface area (Å²) in [6.45, 7) is 6.02. The van der Waals surface area contributed by atoms with E-state index in [1.807, 2.05) is 29.5 Å². The van der Waals surface area contributed by atoms with Gasteiger partial charge in [-0.25, -0.2) is 15.0 Å². The van der Waals surface area contributed by atoms with E-state index < -0.39 is 0 Å². The largest absolute Gasteiger partial charge is 0.304 e. The molecule has 6 heteroatoms. The van der Waals surface area contributed by atoms with Gasteiger partial charge in [-0.15, -0.1) is 0 Å². The van der Waals surface area contributed by atoms with Crippen LogP contribution < -0.4 is 5.56 Å². The van der Waals surface area contributed by atoms with Crippen molar-refractivity contribution in [2.24, 2.45) is 5.92 Å². The van der Waals surface area contributed by atoms with E-state index in [0.717, 1.165) is 12.1 Å². The zero-order chi connectivity index (χ0) is 14.0. The Labute approximate surface area is 125 Å². The molecule has 0 aliphatic rings. The minimum absolute atomic E-state index is 0.113. The second kappa shape index (κ2) is 5.77. The molecule has 2 heterocycles. The van der Waals surface area contributed by atoms with E-state index >= 15 is 0 Å². The second-order valence-corrected chi connectivity index (χ2v) is 5.84. The Kier molecular flexibility index (Phi) is 4.28. The Morgan fingerprint density at radius 2 is 2.11 bits per heavy atom. The summed E-state index contributed by atoms with van der Waals surface area (Å²) in [5, 5.41) is 0. The molecule has 0 aromatic carbocycles. The van der Waals surface area contributed by atoms with E-state index in [4.69, 9.17) is 0 Å². The van der Waals surface area contributed by atoms with Crippen molar-refractivity contribution in [1.29, 1.82) is 0 Å². The minimum Gasteiger partial charge on any atom is -0.304 e. The number of nitrogens with one attached hydrogen (secondary N) is 1. The fourth-order valence-corrected chi connectivity index (χ4v) is 2.21. The maximum absolute atomic E-state index is 12.0. The average Bonchev–Trinajstić information content (AvgIpc) is 2.34. The molecule has 0 bridgehead atoms. The molecule has 5 nitrogen and oxygen atoms in total. The first-order valence-corrected chi connectivity index (χ1v) is 7.14. The van der Waals surface area contributed by atoms with Gasteiger partial charge in [-0.1, -0.05) is 13.8 Å². The molecule has 2 aromatic heterocycles. The second-order valence-electron chi connectivity index (χ2n) is 4.76. The van der Waals surface area contributed by atoms with Gasteiger partial charge in [-0.2, -0.15) is 0 Å². The summed E-state index contributed by atoms with van der Waals surface area (Å²) in [4.78, 5) is 27.6. The van der Waals surface area contributed by atoms with Gasteiger partial charge in [-0.3, -0.25) is 4.79 Å². The van der Waals surface area contributed by atoms with Crippen LogP contribution >= 0.6 is 22.6 Å². The third-order valence-electron chi connectivity index (χ3n) is 2.55. The van der Waals surface area contributed by atoms with E-state index in [0.29, 0.717) is 26.8 Å². The molecule has 0 saturated heterocycles. The van der Waals surface area contributed by atoms with Crippen molar-refractivity contribution in [3.8, 4) is 11.5 Å². The lowest BCUT2D eigenvalue weighted by Gasteiger charge is -2.08. The molecule has 0 radical (unpaired) electrons. The predicted octanol–water partition coefficient (Wildman–Crippen LogP) is 2.34. The molecule has 0 saturated carbocycles. The predicted molar refractivity (Wildman–Crippen MR) is 81.9 cm³/mol. The van der Waals surface area contributed by atoms with E-state index in [2.05, 4.69) is 33.8 Å². The van der Waals surface area contributed by atoms with Gasteiger partial charge < -0.3 is 4.98 Å². The fourth-order valence-electron chi connectivity index (χ4n) is 1.74. The Bertz CT molecular complexity index is 651. The van der Waals surface area contributed by atoms with Crippen LogP contribution in [0.3, 0.4) is 0 Å². The summed E-state index contributed by atoms with van der Waals surface area (Å²) in [7, 11) is 0. The molecule has 0 aliphatic carbocycles. The van der Waals surface area contributed by atoms with Crippen LogP contribution in [0.25, 0.3) is 11.5 Å². The summed E-state index contributed by atoms with van der Waals surface area (Å²) in [6.07, 6.45) is 2.44. The van der Waals surface area contributed by atoms with Crippen molar-refractivity contribution >= 4 is 22.6 Å². The monoisotopic (exact) mass is 370 g/mol. The van der Waals surface area contributed by atoms with Crippen LogP contribution in [0.15, 0.2) is 17.1 Å². The highest BCUT2D eigenvalue weighted by molar-refractivity contribution is 14.1. The topological polar surface area (TPSA) is 71.5 Å². The van der Waals surface area contributed by atoms with Crippen molar-refractivity contribution in [2.75, 3.05) is 0 Å². The molecular weight excluding hydrogens is 355 g/mol. The van der Waals surface area contributed by atoms with Crippen LogP contribution in [0, 0.1) is 16.4 Å². The van der Waals surface area contributed by atoms with Crippen molar-refractivity contribution in [3.63, 3.8) is 0 Å². The Morgan fingerprint density at radius 3 is 2.74 bits per heavy atom. The fraction of sp³-hybridized carbons (Fsp3) is 0.385. The van der Waals surface area contributed by atoms with Crippen LogP contribution in [0.1, 0.15) is 25.4 Å². The maximum atomic E-state index is 12.0. The number of hydrogen-bond acceptors (Lipinski definition) is 4. The van der Waals surface area contributed by atoms with Crippen LogP contribution in [0.5, 0.6) is 0 Å². The van der Waals surface area contributed by atoms with Crippen LogP contribution in [0.4, 0.5) is 0 Å². The number of hydrogen-bond donors (Lipinski definition) is 1. The quantitative estimate of drug-likeness (QED) is 0.842. The summed E-state index contributed by atoms with van der Waals surface area (Å²) in [5.41, 5.74) is 1.36. The Balaban J connectivity index is 2.53. The van der Waals surface area contributed by atoms with Crippen LogP contribution in [-0.2, 0) is 6.42 Å². The third-order valence-corrected chi connectivity index (χ3v) is 3.66. The summed E-state index contributed by atoms with van der Waals surface area (Å²) in [6, 6.07) is 1.75. The van der Waals surface area contributed by atoms with Gasteiger partial charge in [0.05, 0.1) is 9.26 Å². The van der Waals surface area contributed by atoms with E-state index in [-0.39, 0.29) is 5.56 Å². The van der Waals surface area contributed by atoms with Crippen molar-refractivity contribution < 1.29 is 0 Å². The van der Waals surface area contributed by atoms with Crippen molar-refractivity contribution in [1.82, 2.24) is 19.9 Å². The van der Waals surface area contributed by atoms with Gasteiger partial charge in [0, 0.05) is 6.20 Å². The number of aromatic amines is 1. The van der Waals surface area contributed by atoms with Gasteiger partial charge in [0.25, 0.3) is 5.56 Å². The lowest BCUT2D eigenvalue weighted by molar-refractivity contribution is 0.631. The van der Waals surface area contributed by atoms with Gasteiger partial charge >= 0.3 is 0 Å². The zero-order valence-electron chi connectivity index (χ0n) is 11.1. The van der Waals surface area contributed by atoms with Crippen LogP contribution in [0.2, 0.25) is 0 Å². The van der Waals surface area contributed by atoms with Gasteiger partial charge in [0.15, 0.2) is 5.82 Å². The molecule has 0 atom stereocenters. The van der Waals surface area contributed by atoms with Crippen molar-refractivity contribution in [3.05, 3.63) is 37.7 Å². The standard InChI is InChI=1S/C13H15IN4O/c1-7(2)6-10-11(14)13(19)18-12(17-10)9-4-5-15-8(3)16-9/h4-5,7H,6H2,1-3H3,(H,17,18,19).